The van der Waals surface area contributed by atoms with Crippen LogP contribution in [-0.4, -0.2) is 42.0 Å². The lowest BCUT2D eigenvalue weighted by molar-refractivity contribution is 0.102. The first-order chi connectivity index (χ1) is 11.1. The highest BCUT2D eigenvalue weighted by molar-refractivity contribution is 7.99. The van der Waals surface area contributed by atoms with E-state index in [1.54, 1.807) is 4.68 Å². The number of ketones is 1. The molecule has 0 atom stereocenters. The highest BCUT2D eigenvalue weighted by Crippen LogP contribution is 2.26. The number of carbonyl (C=O) groups excluding carboxylic acids is 1. The van der Waals surface area contributed by atoms with Crippen LogP contribution in [-0.2, 0) is 0 Å². The van der Waals surface area contributed by atoms with Crippen molar-refractivity contribution in [2.75, 3.05) is 5.75 Å². The van der Waals surface area contributed by atoms with E-state index in [1.165, 1.54) is 30.0 Å². The molecule has 2 N–H and O–H groups in total. The normalized spacial score (nSPS) is 10.6. The maximum absolute atomic E-state index is 12.2. The van der Waals surface area contributed by atoms with Crippen molar-refractivity contribution >= 4 is 17.5 Å². The Morgan fingerprint density at radius 3 is 2.61 bits per heavy atom. The van der Waals surface area contributed by atoms with Crippen molar-refractivity contribution in [3.05, 3.63) is 54.1 Å². The number of aromatic hydroxyl groups is 2. The second-order valence-corrected chi connectivity index (χ2v) is 5.57. The van der Waals surface area contributed by atoms with Crippen LogP contribution in [0.1, 0.15) is 10.4 Å². The molecule has 0 unspecified atom stereocenters. The number of aromatic nitrogens is 4. The maximum Gasteiger partial charge on any atom is 0.214 e. The zero-order chi connectivity index (χ0) is 16.2. The Balaban J connectivity index is 1.73. The SMILES string of the molecule is O=C(CSc1nnnn1-c1ccccc1)c1ccc(O)c(O)c1. The fourth-order valence-electron chi connectivity index (χ4n) is 1.91. The van der Waals surface area contributed by atoms with E-state index in [-0.39, 0.29) is 23.0 Å². The molecule has 0 saturated carbocycles. The highest BCUT2D eigenvalue weighted by Gasteiger charge is 2.13. The quantitative estimate of drug-likeness (QED) is 0.420. The molecular weight excluding hydrogens is 316 g/mol. The third kappa shape index (κ3) is 3.32. The molecule has 116 valence electrons. The van der Waals surface area contributed by atoms with Gasteiger partial charge in [-0.15, -0.1) is 5.10 Å². The van der Waals surface area contributed by atoms with Gasteiger partial charge in [-0.3, -0.25) is 4.79 Å². The summed E-state index contributed by atoms with van der Waals surface area (Å²) in [5.41, 5.74) is 1.11. The minimum absolute atomic E-state index is 0.109. The van der Waals surface area contributed by atoms with Crippen LogP contribution in [0.15, 0.2) is 53.7 Å². The van der Waals surface area contributed by atoms with Gasteiger partial charge in [-0.05, 0) is 40.8 Å². The van der Waals surface area contributed by atoms with Crippen molar-refractivity contribution in [3.8, 4) is 17.2 Å². The van der Waals surface area contributed by atoms with Gasteiger partial charge in [0.2, 0.25) is 5.16 Å². The van der Waals surface area contributed by atoms with E-state index in [4.69, 9.17) is 0 Å². The van der Waals surface area contributed by atoms with Crippen molar-refractivity contribution < 1.29 is 15.0 Å². The summed E-state index contributed by atoms with van der Waals surface area (Å²) < 4.78 is 1.55. The van der Waals surface area contributed by atoms with Crippen LogP contribution in [0.25, 0.3) is 5.69 Å². The largest absolute Gasteiger partial charge is 0.504 e. The number of benzene rings is 2. The molecule has 1 aromatic heterocycles. The van der Waals surface area contributed by atoms with Gasteiger partial charge in [0.1, 0.15) is 0 Å². The van der Waals surface area contributed by atoms with E-state index >= 15 is 0 Å². The molecule has 0 bridgehead atoms. The number of hydrogen-bond acceptors (Lipinski definition) is 7. The van der Waals surface area contributed by atoms with Crippen molar-refractivity contribution in [2.24, 2.45) is 0 Å². The molecule has 7 nitrogen and oxygen atoms in total. The number of phenols is 2. The van der Waals surface area contributed by atoms with Crippen LogP contribution < -0.4 is 0 Å². The Bertz CT molecular complexity index is 836. The van der Waals surface area contributed by atoms with Crippen molar-refractivity contribution in [3.63, 3.8) is 0 Å². The molecule has 8 heteroatoms. The zero-order valence-electron chi connectivity index (χ0n) is 11.8. The Labute approximate surface area is 135 Å². The Kier molecular flexibility index (Phi) is 4.24. The molecule has 0 radical (unpaired) electrons. The number of para-hydroxylation sites is 1. The Morgan fingerprint density at radius 2 is 1.87 bits per heavy atom. The first-order valence-corrected chi connectivity index (χ1v) is 7.65. The summed E-state index contributed by atoms with van der Waals surface area (Å²) in [4.78, 5) is 12.2. The lowest BCUT2D eigenvalue weighted by Gasteiger charge is -2.04. The molecule has 3 aromatic rings. The Hall–Kier alpha value is -2.87. The summed E-state index contributed by atoms with van der Waals surface area (Å²) >= 11 is 1.19. The number of phenolic OH excluding ortho intramolecular Hbond substituents is 2. The fourth-order valence-corrected chi connectivity index (χ4v) is 2.70. The standard InChI is InChI=1S/C15H12N4O3S/c20-12-7-6-10(8-13(12)21)14(22)9-23-15-16-17-18-19(15)11-4-2-1-3-5-11/h1-8,20-21H,9H2. The average molecular weight is 328 g/mol. The van der Waals surface area contributed by atoms with Crippen LogP contribution in [0, 0.1) is 0 Å². The van der Waals surface area contributed by atoms with E-state index in [1.807, 2.05) is 30.3 Å². The first-order valence-electron chi connectivity index (χ1n) is 6.67. The van der Waals surface area contributed by atoms with E-state index in [9.17, 15) is 15.0 Å². The van der Waals surface area contributed by atoms with Gasteiger partial charge in [0.05, 0.1) is 11.4 Å². The summed E-state index contributed by atoms with van der Waals surface area (Å²) in [5.74, 6) is -0.678. The molecule has 0 spiro atoms. The van der Waals surface area contributed by atoms with Crippen LogP contribution in [0.5, 0.6) is 11.5 Å². The fraction of sp³-hybridized carbons (Fsp3) is 0.0667. The topological polar surface area (TPSA) is 101 Å². The van der Waals surface area contributed by atoms with Gasteiger partial charge < -0.3 is 10.2 Å². The molecule has 0 saturated heterocycles. The number of Topliss-reactive ketones (excluding diaryl/α,β-unsaturated/α-hetero) is 1. The van der Waals surface area contributed by atoms with E-state index in [0.29, 0.717) is 10.7 Å². The van der Waals surface area contributed by atoms with Crippen LogP contribution in [0.3, 0.4) is 0 Å². The molecule has 0 aliphatic heterocycles. The van der Waals surface area contributed by atoms with Crippen molar-refractivity contribution in [2.45, 2.75) is 5.16 Å². The number of hydrogen-bond donors (Lipinski definition) is 2. The minimum Gasteiger partial charge on any atom is -0.504 e. The molecule has 0 aliphatic rings. The van der Waals surface area contributed by atoms with E-state index < -0.39 is 0 Å². The second-order valence-electron chi connectivity index (χ2n) is 4.62. The van der Waals surface area contributed by atoms with Gasteiger partial charge in [-0.25, -0.2) is 0 Å². The van der Waals surface area contributed by atoms with Gasteiger partial charge >= 0.3 is 0 Å². The van der Waals surface area contributed by atoms with E-state index in [0.717, 1.165) is 5.69 Å². The molecule has 2 aromatic carbocycles. The van der Waals surface area contributed by atoms with Gasteiger partial charge in [0, 0.05) is 5.56 Å². The number of nitrogens with zero attached hydrogens (tertiary/aromatic N) is 4. The van der Waals surface area contributed by atoms with Crippen LogP contribution in [0.2, 0.25) is 0 Å². The Morgan fingerprint density at radius 1 is 1.09 bits per heavy atom. The van der Waals surface area contributed by atoms with Crippen molar-refractivity contribution in [1.29, 1.82) is 0 Å². The molecule has 1 heterocycles. The summed E-state index contributed by atoms with van der Waals surface area (Å²) in [6.45, 7) is 0. The van der Waals surface area contributed by atoms with E-state index in [2.05, 4.69) is 15.5 Å². The number of tetrazole rings is 1. The van der Waals surface area contributed by atoms with Gasteiger partial charge in [-0.1, -0.05) is 30.0 Å². The molecule has 0 fully saturated rings. The lowest BCUT2D eigenvalue weighted by atomic mass is 10.1. The molecule has 0 aliphatic carbocycles. The summed E-state index contributed by atoms with van der Waals surface area (Å²) in [6.07, 6.45) is 0. The predicted octanol–water partition coefficient (Wildman–Crippen LogP) is 2.05. The lowest BCUT2D eigenvalue weighted by Crippen LogP contribution is -2.04. The number of rotatable bonds is 5. The smallest absolute Gasteiger partial charge is 0.214 e. The third-order valence-electron chi connectivity index (χ3n) is 3.07. The second kappa shape index (κ2) is 6.49. The zero-order valence-corrected chi connectivity index (χ0v) is 12.6. The van der Waals surface area contributed by atoms with Gasteiger partial charge in [0.25, 0.3) is 0 Å². The van der Waals surface area contributed by atoms with Crippen LogP contribution >= 0.6 is 11.8 Å². The minimum atomic E-state index is -0.324. The molecule has 0 amide bonds. The summed E-state index contributed by atoms with van der Waals surface area (Å²) in [6, 6.07) is 13.3. The molecule has 3 rings (SSSR count). The predicted molar refractivity (Wildman–Crippen MR) is 84.0 cm³/mol. The number of carbonyl (C=O) groups is 1. The average Bonchev–Trinajstić information content (AvgIpc) is 3.04. The van der Waals surface area contributed by atoms with Gasteiger partial charge in [0.15, 0.2) is 17.3 Å². The summed E-state index contributed by atoms with van der Waals surface area (Å²) in [7, 11) is 0. The first kappa shape index (κ1) is 15.0. The third-order valence-corrected chi connectivity index (χ3v) is 3.99. The monoisotopic (exact) mass is 328 g/mol. The highest BCUT2D eigenvalue weighted by atomic mass is 32.2. The van der Waals surface area contributed by atoms with Crippen LogP contribution in [0.4, 0.5) is 0 Å². The van der Waals surface area contributed by atoms with Gasteiger partial charge in [-0.2, -0.15) is 4.68 Å². The maximum atomic E-state index is 12.2. The molecular formula is C15H12N4O3S. The molecule has 23 heavy (non-hydrogen) atoms. The number of thioether (sulfide) groups is 1. The summed E-state index contributed by atoms with van der Waals surface area (Å²) in [5, 5.41) is 30.7. The van der Waals surface area contributed by atoms with Crippen molar-refractivity contribution in [1.82, 2.24) is 20.2 Å².